The zero-order valence-corrected chi connectivity index (χ0v) is 10.2. The highest BCUT2D eigenvalue weighted by Crippen LogP contribution is 2.10. The normalized spacial score (nSPS) is 10.1. The Balaban J connectivity index is 1.98. The smallest absolute Gasteiger partial charge is 0.228 e. The van der Waals surface area contributed by atoms with Gasteiger partial charge in [-0.1, -0.05) is 12.1 Å². The summed E-state index contributed by atoms with van der Waals surface area (Å²) in [6.45, 7) is 1.93. The lowest BCUT2D eigenvalue weighted by molar-refractivity contribution is -0.115. The molecule has 0 radical (unpaired) electrons. The van der Waals surface area contributed by atoms with Gasteiger partial charge in [0.1, 0.15) is 0 Å². The number of aromatic nitrogens is 1. The van der Waals surface area contributed by atoms with Crippen molar-refractivity contribution in [3.63, 3.8) is 0 Å². The summed E-state index contributed by atoms with van der Waals surface area (Å²) in [5.74, 6) is -0.0628. The van der Waals surface area contributed by atoms with Crippen LogP contribution in [0.1, 0.15) is 11.1 Å². The summed E-state index contributed by atoms with van der Waals surface area (Å²) >= 11 is 0. The molecule has 0 saturated carbocycles. The molecular formula is C14H15N3O. The Morgan fingerprint density at radius 1 is 1.28 bits per heavy atom. The van der Waals surface area contributed by atoms with Gasteiger partial charge in [0, 0.05) is 11.9 Å². The molecule has 92 valence electrons. The van der Waals surface area contributed by atoms with Crippen LogP contribution in [0.2, 0.25) is 0 Å². The van der Waals surface area contributed by atoms with Gasteiger partial charge in [-0.25, -0.2) is 0 Å². The maximum absolute atomic E-state index is 11.8. The number of pyridine rings is 1. The fourth-order valence-corrected chi connectivity index (χ4v) is 1.65. The van der Waals surface area contributed by atoms with E-state index in [1.54, 1.807) is 24.5 Å². The van der Waals surface area contributed by atoms with Crippen LogP contribution in [0.3, 0.4) is 0 Å². The van der Waals surface area contributed by atoms with Crippen LogP contribution in [0, 0.1) is 6.92 Å². The van der Waals surface area contributed by atoms with Gasteiger partial charge in [-0.2, -0.15) is 0 Å². The first-order valence-corrected chi connectivity index (χ1v) is 5.69. The monoisotopic (exact) mass is 241 g/mol. The van der Waals surface area contributed by atoms with E-state index < -0.39 is 0 Å². The molecule has 0 aliphatic heterocycles. The first-order valence-electron chi connectivity index (χ1n) is 5.69. The lowest BCUT2D eigenvalue weighted by Gasteiger charge is -2.05. The van der Waals surface area contributed by atoms with E-state index in [0.29, 0.717) is 12.1 Å². The van der Waals surface area contributed by atoms with Gasteiger partial charge < -0.3 is 11.1 Å². The van der Waals surface area contributed by atoms with Gasteiger partial charge >= 0.3 is 0 Å². The van der Waals surface area contributed by atoms with Crippen LogP contribution < -0.4 is 11.1 Å². The molecule has 4 heteroatoms. The van der Waals surface area contributed by atoms with Crippen molar-refractivity contribution >= 4 is 17.3 Å². The molecule has 3 N–H and O–H groups in total. The highest BCUT2D eigenvalue weighted by atomic mass is 16.1. The summed E-state index contributed by atoms with van der Waals surface area (Å²) in [6.07, 6.45) is 3.71. The minimum Gasteiger partial charge on any atom is -0.399 e. The molecule has 0 fully saturated rings. The third-order valence-corrected chi connectivity index (χ3v) is 2.50. The maximum Gasteiger partial charge on any atom is 0.228 e. The zero-order valence-electron chi connectivity index (χ0n) is 10.2. The fourth-order valence-electron chi connectivity index (χ4n) is 1.65. The molecule has 0 atom stereocenters. The Labute approximate surface area is 106 Å². The molecule has 0 bridgehead atoms. The van der Waals surface area contributed by atoms with E-state index in [9.17, 15) is 4.79 Å². The van der Waals surface area contributed by atoms with Gasteiger partial charge in [0.2, 0.25) is 5.91 Å². The van der Waals surface area contributed by atoms with Gasteiger partial charge in [0.25, 0.3) is 0 Å². The van der Waals surface area contributed by atoms with E-state index in [1.807, 2.05) is 25.1 Å². The van der Waals surface area contributed by atoms with Crippen LogP contribution in [0.4, 0.5) is 11.4 Å². The van der Waals surface area contributed by atoms with E-state index in [4.69, 9.17) is 5.73 Å². The molecule has 1 aromatic heterocycles. The van der Waals surface area contributed by atoms with E-state index >= 15 is 0 Å². The van der Waals surface area contributed by atoms with Gasteiger partial charge in [-0.3, -0.25) is 9.78 Å². The van der Waals surface area contributed by atoms with E-state index in [1.165, 1.54) is 0 Å². The van der Waals surface area contributed by atoms with Gasteiger partial charge in [0.05, 0.1) is 18.3 Å². The number of nitrogens with zero attached hydrogens (tertiary/aromatic N) is 1. The molecule has 1 aromatic carbocycles. The van der Waals surface area contributed by atoms with Crippen molar-refractivity contribution < 1.29 is 4.79 Å². The molecule has 18 heavy (non-hydrogen) atoms. The topological polar surface area (TPSA) is 68.0 Å². The van der Waals surface area contributed by atoms with Crippen LogP contribution in [0.25, 0.3) is 0 Å². The summed E-state index contributed by atoms with van der Waals surface area (Å²) in [7, 11) is 0. The van der Waals surface area contributed by atoms with Crippen molar-refractivity contribution in [2.75, 3.05) is 11.1 Å². The maximum atomic E-state index is 11.8. The van der Waals surface area contributed by atoms with Crippen molar-refractivity contribution in [2.24, 2.45) is 0 Å². The van der Waals surface area contributed by atoms with Gasteiger partial charge in [-0.15, -0.1) is 0 Å². The van der Waals surface area contributed by atoms with Crippen molar-refractivity contribution in [1.82, 2.24) is 4.98 Å². The molecule has 4 nitrogen and oxygen atoms in total. The summed E-state index contributed by atoms with van der Waals surface area (Å²) in [6, 6.07) is 9.16. The Hall–Kier alpha value is -2.36. The van der Waals surface area contributed by atoms with Crippen LogP contribution >= 0.6 is 0 Å². The number of nitrogen functional groups attached to an aromatic ring is 1. The number of aryl methyl sites for hydroxylation is 1. The Bertz CT molecular complexity index is 549. The van der Waals surface area contributed by atoms with Crippen LogP contribution in [0.15, 0.2) is 42.7 Å². The minimum atomic E-state index is -0.0628. The SMILES string of the molecule is Cc1cncc(NC(=O)Cc2ccc(N)cc2)c1. The van der Waals surface area contributed by atoms with E-state index in [-0.39, 0.29) is 5.91 Å². The molecule has 2 rings (SSSR count). The summed E-state index contributed by atoms with van der Waals surface area (Å²) in [5.41, 5.74) is 8.95. The van der Waals surface area contributed by atoms with Gasteiger partial charge in [-0.05, 0) is 36.2 Å². The molecule has 2 aromatic rings. The van der Waals surface area contributed by atoms with E-state index in [0.717, 1.165) is 16.8 Å². The molecule has 0 aliphatic rings. The second-order valence-electron chi connectivity index (χ2n) is 4.22. The number of nitrogens with one attached hydrogen (secondary N) is 1. The minimum absolute atomic E-state index is 0.0628. The highest BCUT2D eigenvalue weighted by Gasteiger charge is 2.04. The zero-order chi connectivity index (χ0) is 13.0. The molecule has 0 aliphatic carbocycles. The number of rotatable bonds is 3. The Morgan fingerprint density at radius 3 is 2.67 bits per heavy atom. The molecule has 0 unspecified atom stereocenters. The fraction of sp³-hybridized carbons (Fsp3) is 0.143. The first kappa shape index (κ1) is 12.1. The lowest BCUT2D eigenvalue weighted by atomic mass is 10.1. The van der Waals surface area contributed by atoms with Crippen molar-refractivity contribution in [2.45, 2.75) is 13.3 Å². The van der Waals surface area contributed by atoms with Crippen LogP contribution in [-0.2, 0) is 11.2 Å². The number of nitrogens with two attached hydrogens (primary N) is 1. The van der Waals surface area contributed by atoms with Crippen LogP contribution in [0.5, 0.6) is 0 Å². The summed E-state index contributed by atoms with van der Waals surface area (Å²) in [4.78, 5) is 15.8. The Kier molecular flexibility index (Phi) is 3.57. The predicted molar refractivity (Wildman–Crippen MR) is 72.2 cm³/mol. The predicted octanol–water partition coefficient (Wildman–Crippen LogP) is 2.15. The third-order valence-electron chi connectivity index (χ3n) is 2.50. The highest BCUT2D eigenvalue weighted by molar-refractivity contribution is 5.92. The summed E-state index contributed by atoms with van der Waals surface area (Å²) < 4.78 is 0. The number of carbonyl (C=O) groups excluding carboxylic acids is 1. The molecule has 0 saturated heterocycles. The number of amides is 1. The molecule has 0 spiro atoms. The van der Waals surface area contributed by atoms with Crippen LogP contribution in [-0.4, -0.2) is 10.9 Å². The third kappa shape index (κ3) is 3.31. The number of hydrogen-bond acceptors (Lipinski definition) is 3. The molecule has 1 amide bonds. The largest absolute Gasteiger partial charge is 0.399 e. The van der Waals surface area contributed by atoms with Gasteiger partial charge in [0.15, 0.2) is 0 Å². The van der Waals surface area contributed by atoms with Crippen molar-refractivity contribution in [1.29, 1.82) is 0 Å². The second-order valence-corrected chi connectivity index (χ2v) is 4.22. The number of carbonyl (C=O) groups is 1. The lowest BCUT2D eigenvalue weighted by Crippen LogP contribution is -2.14. The quantitative estimate of drug-likeness (QED) is 0.809. The number of hydrogen-bond donors (Lipinski definition) is 2. The van der Waals surface area contributed by atoms with E-state index in [2.05, 4.69) is 10.3 Å². The average Bonchev–Trinajstić information content (AvgIpc) is 2.32. The van der Waals surface area contributed by atoms with Crippen molar-refractivity contribution in [3.05, 3.63) is 53.9 Å². The average molecular weight is 241 g/mol. The first-order chi connectivity index (χ1) is 8.63. The van der Waals surface area contributed by atoms with Crippen molar-refractivity contribution in [3.8, 4) is 0 Å². The second kappa shape index (κ2) is 5.31. The molecule has 1 heterocycles. The number of benzene rings is 1. The number of anilines is 2. The molecular weight excluding hydrogens is 226 g/mol. The standard InChI is InChI=1S/C14H15N3O/c1-10-6-13(9-16-8-10)17-14(18)7-11-2-4-12(15)5-3-11/h2-6,8-9H,7,15H2,1H3,(H,17,18). The summed E-state index contributed by atoms with van der Waals surface area (Å²) in [5, 5.41) is 2.81. The Morgan fingerprint density at radius 2 is 2.00 bits per heavy atom.